The van der Waals surface area contributed by atoms with Gasteiger partial charge in [0.15, 0.2) is 5.82 Å². The molecule has 0 amide bonds. The lowest BCUT2D eigenvalue weighted by atomic mass is 9.92. The molecule has 20 heavy (non-hydrogen) atoms. The quantitative estimate of drug-likeness (QED) is 0.911. The van der Waals surface area contributed by atoms with Crippen molar-refractivity contribution in [3.05, 3.63) is 47.0 Å². The van der Waals surface area contributed by atoms with Gasteiger partial charge in [-0.15, -0.1) is 0 Å². The Bertz CT molecular complexity index is 640. The molecule has 0 aliphatic heterocycles. The maximum Gasteiger partial charge on any atom is 0.159 e. The van der Waals surface area contributed by atoms with Gasteiger partial charge in [-0.1, -0.05) is 6.07 Å². The van der Waals surface area contributed by atoms with Crippen LogP contribution < -0.4 is 5.32 Å². The SMILES string of the molecule is CNC1CCCc2nc(-c3cc(F)ccc3C)ncc21. The average molecular weight is 271 g/mol. The first kappa shape index (κ1) is 13.2. The zero-order valence-corrected chi connectivity index (χ0v) is 11.8. The highest BCUT2D eigenvalue weighted by Crippen LogP contribution is 2.30. The summed E-state index contributed by atoms with van der Waals surface area (Å²) in [5.41, 5.74) is 4.03. The Morgan fingerprint density at radius 2 is 2.20 bits per heavy atom. The molecule has 2 aromatic rings. The first-order valence-corrected chi connectivity index (χ1v) is 6.98. The molecule has 104 valence electrons. The lowest BCUT2D eigenvalue weighted by Gasteiger charge is -2.24. The summed E-state index contributed by atoms with van der Waals surface area (Å²) in [6.07, 6.45) is 5.10. The van der Waals surface area contributed by atoms with E-state index in [1.54, 1.807) is 6.07 Å². The van der Waals surface area contributed by atoms with Crippen LogP contribution >= 0.6 is 0 Å². The van der Waals surface area contributed by atoms with Crippen LogP contribution in [0.25, 0.3) is 11.4 Å². The first-order chi connectivity index (χ1) is 9.69. The predicted molar refractivity (Wildman–Crippen MR) is 76.9 cm³/mol. The molecule has 0 bridgehead atoms. The van der Waals surface area contributed by atoms with Crippen molar-refractivity contribution in [1.82, 2.24) is 15.3 Å². The van der Waals surface area contributed by atoms with Gasteiger partial charge in [0.1, 0.15) is 5.82 Å². The second-order valence-corrected chi connectivity index (χ2v) is 5.29. The third-order valence-corrected chi connectivity index (χ3v) is 3.97. The summed E-state index contributed by atoms with van der Waals surface area (Å²) < 4.78 is 13.4. The van der Waals surface area contributed by atoms with Gasteiger partial charge in [-0.3, -0.25) is 0 Å². The van der Waals surface area contributed by atoms with Gasteiger partial charge in [-0.25, -0.2) is 14.4 Å². The lowest BCUT2D eigenvalue weighted by Crippen LogP contribution is -2.22. The van der Waals surface area contributed by atoms with E-state index in [9.17, 15) is 4.39 Å². The zero-order chi connectivity index (χ0) is 14.1. The highest BCUT2D eigenvalue weighted by molar-refractivity contribution is 5.60. The van der Waals surface area contributed by atoms with E-state index >= 15 is 0 Å². The third-order valence-electron chi connectivity index (χ3n) is 3.97. The molecule has 1 unspecified atom stereocenters. The Morgan fingerprint density at radius 3 is 3.00 bits per heavy atom. The Kier molecular flexibility index (Phi) is 3.49. The third kappa shape index (κ3) is 2.31. The number of nitrogens with one attached hydrogen (secondary N) is 1. The number of halogens is 1. The van der Waals surface area contributed by atoms with Crippen molar-refractivity contribution in [1.29, 1.82) is 0 Å². The minimum Gasteiger partial charge on any atom is -0.313 e. The van der Waals surface area contributed by atoms with E-state index in [1.807, 2.05) is 20.2 Å². The van der Waals surface area contributed by atoms with Gasteiger partial charge < -0.3 is 5.32 Å². The van der Waals surface area contributed by atoms with Crippen LogP contribution in [0.1, 0.15) is 35.7 Å². The van der Waals surface area contributed by atoms with Gasteiger partial charge in [-0.05, 0) is 50.9 Å². The van der Waals surface area contributed by atoms with E-state index in [1.165, 1.54) is 17.7 Å². The van der Waals surface area contributed by atoms with Gasteiger partial charge in [-0.2, -0.15) is 0 Å². The highest BCUT2D eigenvalue weighted by Gasteiger charge is 2.21. The average Bonchev–Trinajstić information content (AvgIpc) is 2.48. The summed E-state index contributed by atoms with van der Waals surface area (Å²) in [7, 11) is 1.96. The van der Waals surface area contributed by atoms with Crippen LogP contribution in [-0.4, -0.2) is 17.0 Å². The Balaban J connectivity index is 2.06. The first-order valence-electron chi connectivity index (χ1n) is 6.98. The second-order valence-electron chi connectivity index (χ2n) is 5.29. The van der Waals surface area contributed by atoms with Crippen molar-refractivity contribution in [2.75, 3.05) is 7.05 Å². The number of hydrogen-bond donors (Lipinski definition) is 1. The molecule has 0 saturated heterocycles. The van der Waals surface area contributed by atoms with Gasteiger partial charge >= 0.3 is 0 Å². The minimum absolute atomic E-state index is 0.250. The number of hydrogen-bond acceptors (Lipinski definition) is 3. The predicted octanol–water partition coefficient (Wildman–Crippen LogP) is 3.19. The van der Waals surface area contributed by atoms with E-state index < -0.39 is 0 Å². The highest BCUT2D eigenvalue weighted by atomic mass is 19.1. The standard InChI is InChI=1S/C16H18FN3/c1-10-6-7-11(17)8-12(10)16-19-9-13-14(18-2)4-3-5-15(13)20-16/h6-9,14,18H,3-5H2,1-2H3. The molecule has 0 spiro atoms. The molecule has 4 heteroatoms. The van der Waals surface area contributed by atoms with Crippen molar-refractivity contribution in [3.63, 3.8) is 0 Å². The number of fused-ring (bicyclic) bond motifs is 1. The van der Waals surface area contributed by atoms with Crippen LogP contribution in [0.4, 0.5) is 4.39 Å². The molecule has 0 saturated carbocycles. The van der Waals surface area contributed by atoms with Crippen molar-refractivity contribution >= 4 is 0 Å². The molecular weight excluding hydrogens is 253 g/mol. The molecule has 1 aromatic heterocycles. The fraction of sp³-hybridized carbons (Fsp3) is 0.375. The van der Waals surface area contributed by atoms with Crippen molar-refractivity contribution in [2.45, 2.75) is 32.2 Å². The zero-order valence-electron chi connectivity index (χ0n) is 11.8. The Hall–Kier alpha value is -1.81. The Labute approximate surface area is 118 Å². The van der Waals surface area contributed by atoms with Gasteiger partial charge in [0.2, 0.25) is 0 Å². The van der Waals surface area contributed by atoms with E-state index in [2.05, 4.69) is 15.3 Å². The van der Waals surface area contributed by atoms with Crippen LogP contribution in [0.2, 0.25) is 0 Å². The van der Waals surface area contributed by atoms with Crippen LogP contribution in [0.15, 0.2) is 24.4 Å². The molecule has 1 aromatic carbocycles. The lowest BCUT2D eigenvalue weighted by molar-refractivity contribution is 0.488. The smallest absolute Gasteiger partial charge is 0.159 e. The molecule has 3 rings (SSSR count). The number of benzene rings is 1. The van der Waals surface area contributed by atoms with Crippen LogP contribution in [-0.2, 0) is 6.42 Å². The molecule has 0 fully saturated rings. The van der Waals surface area contributed by atoms with Crippen molar-refractivity contribution < 1.29 is 4.39 Å². The van der Waals surface area contributed by atoms with Crippen molar-refractivity contribution in [2.24, 2.45) is 0 Å². The van der Waals surface area contributed by atoms with Crippen LogP contribution in [0.3, 0.4) is 0 Å². The fourth-order valence-electron chi connectivity index (χ4n) is 2.81. The summed E-state index contributed by atoms with van der Waals surface area (Å²) in [5.74, 6) is 0.373. The van der Waals surface area contributed by atoms with E-state index in [0.717, 1.165) is 36.1 Å². The topological polar surface area (TPSA) is 37.8 Å². The minimum atomic E-state index is -0.250. The van der Waals surface area contributed by atoms with Crippen molar-refractivity contribution in [3.8, 4) is 11.4 Å². The molecule has 3 nitrogen and oxygen atoms in total. The molecule has 1 N–H and O–H groups in total. The van der Waals surface area contributed by atoms with Gasteiger partial charge in [0.05, 0.1) is 0 Å². The Morgan fingerprint density at radius 1 is 1.35 bits per heavy atom. The summed E-state index contributed by atoms with van der Waals surface area (Å²) in [6.45, 7) is 1.95. The number of aromatic nitrogens is 2. The number of aryl methyl sites for hydroxylation is 2. The van der Waals surface area contributed by atoms with E-state index in [-0.39, 0.29) is 5.82 Å². The summed E-state index contributed by atoms with van der Waals surface area (Å²) >= 11 is 0. The fourth-order valence-corrected chi connectivity index (χ4v) is 2.81. The molecular formula is C16H18FN3. The summed E-state index contributed by atoms with van der Waals surface area (Å²) in [4.78, 5) is 9.11. The second kappa shape index (κ2) is 5.29. The maximum absolute atomic E-state index is 13.4. The molecule has 0 radical (unpaired) electrons. The number of rotatable bonds is 2. The maximum atomic E-state index is 13.4. The van der Waals surface area contributed by atoms with Gasteiger partial charge in [0.25, 0.3) is 0 Å². The largest absolute Gasteiger partial charge is 0.313 e. The molecule has 1 heterocycles. The van der Waals surface area contributed by atoms with Gasteiger partial charge in [0, 0.05) is 29.1 Å². The van der Waals surface area contributed by atoms with E-state index in [0.29, 0.717) is 11.9 Å². The normalized spacial score (nSPS) is 17.9. The number of nitrogens with zero attached hydrogens (tertiary/aromatic N) is 2. The monoisotopic (exact) mass is 271 g/mol. The van der Waals surface area contributed by atoms with E-state index in [4.69, 9.17) is 0 Å². The molecule has 1 aliphatic rings. The van der Waals surface area contributed by atoms with Crippen LogP contribution in [0, 0.1) is 12.7 Å². The summed E-state index contributed by atoms with van der Waals surface area (Å²) in [5, 5.41) is 3.30. The van der Waals surface area contributed by atoms with Crippen LogP contribution in [0.5, 0.6) is 0 Å². The molecule has 1 atom stereocenters. The summed E-state index contributed by atoms with van der Waals surface area (Å²) in [6, 6.07) is 5.08. The molecule has 1 aliphatic carbocycles.